The van der Waals surface area contributed by atoms with E-state index in [1.165, 1.54) is 19.3 Å². The molecule has 1 aromatic heterocycles. The predicted molar refractivity (Wildman–Crippen MR) is 72.1 cm³/mol. The van der Waals surface area contributed by atoms with Crippen LogP contribution in [0.2, 0.25) is 0 Å². The largest absolute Gasteiger partial charge is 0.478 e. The zero-order chi connectivity index (χ0) is 12.8. The van der Waals surface area contributed by atoms with Crippen molar-refractivity contribution in [2.75, 3.05) is 19.0 Å². The average Bonchev–Trinajstić information content (AvgIpc) is 2.42. The Bertz CT molecular complexity index is 353. The minimum Gasteiger partial charge on any atom is -0.478 e. The number of ether oxygens (including phenoxy) is 2. The molecule has 2 atom stereocenters. The second-order valence-corrected chi connectivity index (χ2v) is 4.68. The van der Waals surface area contributed by atoms with Gasteiger partial charge in [-0.15, -0.1) is 0 Å². The Morgan fingerprint density at radius 2 is 2.28 bits per heavy atom. The van der Waals surface area contributed by atoms with E-state index in [9.17, 15) is 0 Å². The first-order chi connectivity index (χ1) is 8.81. The summed E-state index contributed by atoms with van der Waals surface area (Å²) in [6, 6.07) is 4.42. The number of nitrogens with one attached hydrogen (secondary N) is 1. The number of hydrogen-bond acceptors (Lipinski definition) is 4. The fourth-order valence-corrected chi connectivity index (χ4v) is 2.42. The molecule has 1 aliphatic carbocycles. The average molecular weight is 250 g/mol. The fraction of sp³-hybridized carbons (Fsp3) is 0.643. The summed E-state index contributed by atoms with van der Waals surface area (Å²) in [6.07, 6.45) is 6.90. The van der Waals surface area contributed by atoms with E-state index in [-0.39, 0.29) is 0 Å². The first-order valence-corrected chi connectivity index (χ1v) is 6.70. The van der Waals surface area contributed by atoms with Gasteiger partial charge in [0.25, 0.3) is 0 Å². The van der Waals surface area contributed by atoms with Gasteiger partial charge in [-0.05, 0) is 38.7 Å². The molecule has 0 bridgehead atoms. The number of anilines is 1. The van der Waals surface area contributed by atoms with Crippen LogP contribution in [0.1, 0.15) is 32.6 Å². The molecule has 1 N–H and O–H groups in total. The first kappa shape index (κ1) is 13.1. The van der Waals surface area contributed by atoms with Crippen LogP contribution < -0.4 is 10.1 Å². The van der Waals surface area contributed by atoms with Gasteiger partial charge in [0, 0.05) is 19.2 Å². The van der Waals surface area contributed by atoms with Crippen molar-refractivity contribution in [3.63, 3.8) is 0 Å². The highest BCUT2D eigenvalue weighted by molar-refractivity contribution is 5.43. The third-order valence-electron chi connectivity index (χ3n) is 3.36. The minimum absolute atomic E-state index is 0.395. The van der Waals surface area contributed by atoms with Crippen molar-refractivity contribution in [1.82, 2.24) is 4.98 Å². The maximum atomic E-state index is 5.43. The summed E-state index contributed by atoms with van der Waals surface area (Å²) >= 11 is 0. The Morgan fingerprint density at radius 3 is 2.94 bits per heavy atom. The number of pyridine rings is 1. The molecular formula is C14H22N2O2. The summed E-state index contributed by atoms with van der Waals surface area (Å²) in [7, 11) is 1.80. The number of hydrogen-bond donors (Lipinski definition) is 1. The molecule has 1 heterocycles. The second kappa shape index (κ2) is 6.59. The van der Waals surface area contributed by atoms with Gasteiger partial charge in [-0.1, -0.05) is 0 Å². The van der Waals surface area contributed by atoms with Gasteiger partial charge < -0.3 is 14.8 Å². The van der Waals surface area contributed by atoms with E-state index < -0.39 is 0 Å². The van der Waals surface area contributed by atoms with Crippen molar-refractivity contribution in [3.8, 4) is 5.88 Å². The van der Waals surface area contributed by atoms with Crippen LogP contribution in [0.5, 0.6) is 5.88 Å². The highest BCUT2D eigenvalue weighted by Crippen LogP contribution is 2.24. The van der Waals surface area contributed by atoms with E-state index in [0.29, 0.717) is 24.6 Å². The lowest BCUT2D eigenvalue weighted by atomic mass is 9.93. The van der Waals surface area contributed by atoms with Crippen LogP contribution in [0.25, 0.3) is 0 Å². The molecule has 2 rings (SSSR count). The van der Waals surface area contributed by atoms with Crippen molar-refractivity contribution in [1.29, 1.82) is 0 Å². The van der Waals surface area contributed by atoms with Gasteiger partial charge >= 0.3 is 0 Å². The summed E-state index contributed by atoms with van der Waals surface area (Å²) in [6.45, 7) is 2.61. The van der Waals surface area contributed by atoms with Crippen molar-refractivity contribution >= 4 is 5.69 Å². The molecule has 4 heteroatoms. The molecule has 0 aliphatic heterocycles. The number of aromatic nitrogens is 1. The topological polar surface area (TPSA) is 43.4 Å². The van der Waals surface area contributed by atoms with E-state index in [1.54, 1.807) is 7.11 Å². The van der Waals surface area contributed by atoms with Crippen LogP contribution in [-0.4, -0.2) is 30.8 Å². The quantitative estimate of drug-likeness (QED) is 0.872. The Hall–Kier alpha value is -1.29. The molecule has 1 aromatic rings. The van der Waals surface area contributed by atoms with E-state index in [2.05, 4.69) is 10.3 Å². The van der Waals surface area contributed by atoms with E-state index in [1.807, 2.05) is 25.3 Å². The number of nitrogens with zero attached hydrogens (tertiary/aromatic N) is 1. The van der Waals surface area contributed by atoms with Gasteiger partial charge in [-0.3, -0.25) is 0 Å². The molecule has 1 fully saturated rings. The first-order valence-electron chi connectivity index (χ1n) is 6.70. The molecule has 0 saturated heterocycles. The summed E-state index contributed by atoms with van der Waals surface area (Å²) < 4.78 is 10.8. The van der Waals surface area contributed by atoms with E-state index in [0.717, 1.165) is 12.1 Å². The Kier molecular flexibility index (Phi) is 4.81. The maximum absolute atomic E-state index is 5.43. The van der Waals surface area contributed by atoms with E-state index >= 15 is 0 Å². The fourth-order valence-electron chi connectivity index (χ4n) is 2.42. The van der Waals surface area contributed by atoms with Crippen LogP contribution in [0.15, 0.2) is 18.3 Å². The molecule has 0 aromatic carbocycles. The highest BCUT2D eigenvalue weighted by Gasteiger charge is 2.21. The Labute approximate surface area is 109 Å². The lowest BCUT2D eigenvalue weighted by Crippen LogP contribution is -2.31. The number of rotatable bonds is 5. The molecule has 0 spiro atoms. The highest BCUT2D eigenvalue weighted by atomic mass is 16.5. The number of methoxy groups -OCH3 is 1. The zero-order valence-corrected chi connectivity index (χ0v) is 11.2. The van der Waals surface area contributed by atoms with Gasteiger partial charge in [-0.2, -0.15) is 0 Å². The summed E-state index contributed by atoms with van der Waals surface area (Å²) in [5.74, 6) is 0.682. The van der Waals surface area contributed by atoms with Gasteiger partial charge in [-0.25, -0.2) is 4.98 Å². The summed E-state index contributed by atoms with van der Waals surface area (Å²) in [5.41, 5.74) is 1.06. The Morgan fingerprint density at radius 1 is 1.39 bits per heavy atom. The normalized spacial score (nSPS) is 23.7. The van der Waals surface area contributed by atoms with Crippen molar-refractivity contribution in [2.45, 2.75) is 44.8 Å². The van der Waals surface area contributed by atoms with Crippen molar-refractivity contribution in [2.24, 2.45) is 0 Å². The summed E-state index contributed by atoms with van der Waals surface area (Å²) in [5, 5.41) is 3.52. The zero-order valence-electron chi connectivity index (χ0n) is 11.2. The van der Waals surface area contributed by atoms with Crippen LogP contribution in [0.4, 0.5) is 5.69 Å². The molecule has 0 radical (unpaired) electrons. The second-order valence-electron chi connectivity index (χ2n) is 4.68. The molecule has 18 heavy (non-hydrogen) atoms. The van der Waals surface area contributed by atoms with Crippen LogP contribution in [0.3, 0.4) is 0 Å². The van der Waals surface area contributed by atoms with Crippen LogP contribution >= 0.6 is 0 Å². The lowest BCUT2D eigenvalue weighted by molar-refractivity contribution is 0.0669. The monoisotopic (exact) mass is 250 g/mol. The van der Waals surface area contributed by atoms with Crippen LogP contribution in [0, 0.1) is 0 Å². The SMILES string of the molecule is CCOc1ccc(NC2CCCC(OC)C2)cn1. The molecule has 100 valence electrons. The third kappa shape index (κ3) is 3.60. The smallest absolute Gasteiger partial charge is 0.213 e. The van der Waals surface area contributed by atoms with E-state index in [4.69, 9.17) is 9.47 Å². The molecule has 2 unspecified atom stereocenters. The van der Waals surface area contributed by atoms with Crippen molar-refractivity contribution in [3.05, 3.63) is 18.3 Å². The molecule has 1 aliphatic rings. The molecule has 1 saturated carbocycles. The van der Waals surface area contributed by atoms with Gasteiger partial charge in [0.15, 0.2) is 0 Å². The standard InChI is InChI=1S/C14H22N2O2/c1-3-18-14-8-7-12(10-15-14)16-11-5-4-6-13(9-11)17-2/h7-8,10-11,13,16H,3-6,9H2,1-2H3. The molecule has 0 amide bonds. The minimum atomic E-state index is 0.395. The van der Waals surface area contributed by atoms with Crippen molar-refractivity contribution < 1.29 is 9.47 Å². The molecular weight excluding hydrogens is 228 g/mol. The Balaban J connectivity index is 1.88. The van der Waals surface area contributed by atoms with Gasteiger partial charge in [0.1, 0.15) is 0 Å². The lowest BCUT2D eigenvalue weighted by Gasteiger charge is -2.29. The van der Waals surface area contributed by atoms with Crippen LogP contribution in [-0.2, 0) is 4.74 Å². The van der Waals surface area contributed by atoms with Gasteiger partial charge in [0.2, 0.25) is 5.88 Å². The summed E-state index contributed by atoms with van der Waals surface area (Å²) in [4.78, 5) is 4.26. The maximum Gasteiger partial charge on any atom is 0.213 e. The molecule has 4 nitrogen and oxygen atoms in total. The third-order valence-corrected chi connectivity index (χ3v) is 3.36. The predicted octanol–water partition coefficient (Wildman–Crippen LogP) is 2.85. The van der Waals surface area contributed by atoms with Gasteiger partial charge in [0.05, 0.1) is 24.6 Å².